The molecule has 0 spiro atoms. The van der Waals surface area contributed by atoms with Gasteiger partial charge in [0.2, 0.25) is 5.95 Å². The van der Waals surface area contributed by atoms with Gasteiger partial charge in [-0.05, 0) is 28.8 Å². The third-order valence-corrected chi connectivity index (χ3v) is 10.0. The second-order valence-corrected chi connectivity index (χ2v) is 12.5. The van der Waals surface area contributed by atoms with E-state index in [1.807, 2.05) is 0 Å². The fourth-order valence-corrected chi connectivity index (χ4v) is 8.07. The fourth-order valence-electron chi connectivity index (χ4n) is 6.92. The summed E-state index contributed by atoms with van der Waals surface area (Å²) in [6.45, 7) is 4.67. The molecule has 1 aliphatic carbocycles. The van der Waals surface area contributed by atoms with Crippen LogP contribution in [0.15, 0.2) is 115 Å². The van der Waals surface area contributed by atoms with Crippen LogP contribution in [0.1, 0.15) is 25.0 Å². The number of benzene rings is 5. The summed E-state index contributed by atoms with van der Waals surface area (Å²) in [4.78, 5) is 10.8. The van der Waals surface area contributed by atoms with E-state index in [-0.39, 0.29) is 5.41 Å². The monoisotopic (exact) mass is 543 g/mol. The van der Waals surface area contributed by atoms with Crippen molar-refractivity contribution in [3.8, 4) is 28.3 Å². The highest BCUT2D eigenvalue weighted by molar-refractivity contribution is 7.26. The Labute approximate surface area is 241 Å². The zero-order chi connectivity index (χ0) is 27.3. The Hall–Kier alpha value is -4.80. The first-order chi connectivity index (χ1) is 20.1. The number of nitrogens with zero attached hydrogens (tertiary/aromatic N) is 3. The van der Waals surface area contributed by atoms with Crippen molar-refractivity contribution in [2.45, 2.75) is 19.3 Å². The van der Waals surface area contributed by atoms with Crippen LogP contribution in [-0.4, -0.2) is 14.5 Å². The van der Waals surface area contributed by atoms with E-state index in [1.165, 1.54) is 48.6 Å². The maximum atomic E-state index is 5.39. The maximum absolute atomic E-state index is 5.39. The summed E-state index contributed by atoms with van der Waals surface area (Å²) in [7, 11) is 0. The Morgan fingerprint density at radius 3 is 2.24 bits per heavy atom. The molecule has 8 aromatic rings. The summed E-state index contributed by atoms with van der Waals surface area (Å²) in [6.07, 6.45) is 0. The van der Waals surface area contributed by atoms with E-state index in [2.05, 4.69) is 134 Å². The van der Waals surface area contributed by atoms with E-state index in [0.29, 0.717) is 5.95 Å². The van der Waals surface area contributed by atoms with Gasteiger partial charge in [0.1, 0.15) is 0 Å². The molecule has 3 heterocycles. The van der Waals surface area contributed by atoms with Crippen LogP contribution < -0.4 is 0 Å². The lowest BCUT2D eigenvalue weighted by molar-refractivity contribution is 0.661. The van der Waals surface area contributed by atoms with Gasteiger partial charge >= 0.3 is 0 Å². The summed E-state index contributed by atoms with van der Waals surface area (Å²) in [5.74, 6) is 0.710. The number of aromatic nitrogens is 3. The summed E-state index contributed by atoms with van der Waals surface area (Å²) in [5, 5.41) is 3.62. The van der Waals surface area contributed by atoms with Crippen LogP contribution in [-0.2, 0) is 5.41 Å². The molecule has 0 fully saturated rings. The lowest BCUT2D eigenvalue weighted by Crippen LogP contribution is -2.14. The quantitative estimate of drug-likeness (QED) is 0.217. The molecule has 0 saturated carbocycles. The van der Waals surface area contributed by atoms with Gasteiger partial charge in [0.05, 0.1) is 26.9 Å². The lowest BCUT2D eigenvalue weighted by Gasteiger charge is -2.21. The van der Waals surface area contributed by atoms with Gasteiger partial charge in [0, 0.05) is 37.4 Å². The van der Waals surface area contributed by atoms with Gasteiger partial charge in [-0.15, -0.1) is 11.3 Å². The third-order valence-electron chi connectivity index (χ3n) is 8.83. The molecule has 41 heavy (non-hydrogen) atoms. The minimum Gasteiger partial charge on any atom is -0.277 e. The molecule has 3 nitrogen and oxygen atoms in total. The summed E-state index contributed by atoms with van der Waals surface area (Å²) in [5.41, 5.74) is 10.6. The van der Waals surface area contributed by atoms with Crippen molar-refractivity contribution in [3.05, 3.63) is 126 Å². The van der Waals surface area contributed by atoms with E-state index in [4.69, 9.17) is 9.97 Å². The van der Waals surface area contributed by atoms with Crippen LogP contribution in [0.2, 0.25) is 0 Å². The highest BCUT2D eigenvalue weighted by atomic mass is 32.1. The van der Waals surface area contributed by atoms with Crippen LogP contribution in [0.4, 0.5) is 0 Å². The van der Waals surface area contributed by atoms with Crippen molar-refractivity contribution < 1.29 is 0 Å². The molecule has 5 aromatic carbocycles. The van der Waals surface area contributed by atoms with Crippen LogP contribution in [0, 0.1) is 0 Å². The first kappa shape index (κ1) is 23.0. The normalized spacial score (nSPS) is 13.8. The molecule has 0 N–H and O–H groups in total. The molecule has 0 aliphatic heterocycles. The molecule has 0 amide bonds. The zero-order valence-electron chi connectivity index (χ0n) is 22.7. The Morgan fingerprint density at radius 2 is 1.37 bits per heavy atom. The van der Waals surface area contributed by atoms with Crippen LogP contribution >= 0.6 is 11.3 Å². The van der Waals surface area contributed by atoms with E-state index >= 15 is 0 Å². The van der Waals surface area contributed by atoms with E-state index in [9.17, 15) is 0 Å². The third kappa shape index (κ3) is 3.03. The van der Waals surface area contributed by atoms with E-state index in [1.54, 1.807) is 11.3 Å². The molecule has 0 bridgehead atoms. The smallest absolute Gasteiger partial charge is 0.235 e. The van der Waals surface area contributed by atoms with Gasteiger partial charge in [-0.2, -0.15) is 0 Å². The molecule has 0 unspecified atom stereocenters. The van der Waals surface area contributed by atoms with Crippen LogP contribution in [0.3, 0.4) is 0 Å². The molecule has 4 heteroatoms. The maximum Gasteiger partial charge on any atom is 0.235 e. The van der Waals surface area contributed by atoms with Gasteiger partial charge in [-0.3, -0.25) is 4.57 Å². The van der Waals surface area contributed by atoms with Gasteiger partial charge < -0.3 is 0 Å². The summed E-state index contributed by atoms with van der Waals surface area (Å²) >= 11 is 1.77. The predicted octanol–water partition coefficient (Wildman–Crippen LogP) is 9.91. The first-order valence-corrected chi connectivity index (χ1v) is 14.8. The Balaban J connectivity index is 1.48. The highest BCUT2D eigenvalue weighted by Gasteiger charge is 2.37. The minimum atomic E-state index is -0.0923. The molecule has 9 rings (SSSR count). The van der Waals surface area contributed by atoms with Crippen molar-refractivity contribution >= 4 is 53.4 Å². The average molecular weight is 544 g/mol. The average Bonchev–Trinajstić information content (AvgIpc) is 3.63. The van der Waals surface area contributed by atoms with Crippen molar-refractivity contribution in [1.82, 2.24) is 14.5 Å². The number of hydrogen-bond donors (Lipinski definition) is 0. The molecule has 0 radical (unpaired) electrons. The molecular formula is C37H25N3S. The van der Waals surface area contributed by atoms with Crippen LogP contribution in [0.5, 0.6) is 0 Å². The standard InChI is InChI=1S/C37H25N3S/c1-37(2)27-17-9-6-15-25(27)31-28(37)21-20-24-23-14-7-10-18-29(23)40(34(24)31)36-38-32(22-12-4-3-5-13-22)35-33(39-36)26-16-8-11-19-30(26)41-35/h3-21H,1-2H3. The molecule has 3 aromatic heterocycles. The largest absolute Gasteiger partial charge is 0.277 e. The Morgan fingerprint density at radius 1 is 0.634 bits per heavy atom. The summed E-state index contributed by atoms with van der Waals surface area (Å²) in [6, 6.07) is 41.3. The molecule has 0 saturated heterocycles. The van der Waals surface area contributed by atoms with Gasteiger partial charge in [0.25, 0.3) is 0 Å². The molecule has 194 valence electrons. The van der Waals surface area contributed by atoms with Crippen molar-refractivity contribution in [2.75, 3.05) is 0 Å². The lowest BCUT2D eigenvalue weighted by atomic mass is 9.82. The molecule has 0 atom stereocenters. The van der Waals surface area contributed by atoms with Crippen LogP contribution in [0.25, 0.3) is 70.4 Å². The molecule has 1 aliphatic rings. The van der Waals surface area contributed by atoms with Gasteiger partial charge in [-0.1, -0.05) is 117 Å². The highest BCUT2D eigenvalue weighted by Crippen LogP contribution is 2.52. The number of para-hydroxylation sites is 1. The van der Waals surface area contributed by atoms with Gasteiger partial charge in [-0.25, -0.2) is 9.97 Å². The number of thiophene rings is 1. The van der Waals surface area contributed by atoms with Gasteiger partial charge in [0.15, 0.2) is 0 Å². The van der Waals surface area contributed by atoms with Crippen molar-refractivity contribution in [1.29, 1.82) is 0 Å². The number of fused-ring (bicyclic) bond motifs is 10. The minimum absolute atomic E-state index is 0.0923. The second kappa shape index (κ2) is 8.12. The molecular weight excluding hydrogens is 518 g/mol. The zero-order valence-corrected chi connectivity index (χ0v) is 23.5. The summed E-state index contributed by atoms with van der Waals surface area (Å²) < 4.78 is 4.67. The Bertz CT molecular complexity index is 2340. The van der Waals surface area contributed by atoms with Crippen molar-refractivity contribution in [2.24, 2.45) is 0 Å². The SMILES string of the molecule is CC1(C)c2ccccc2-c2c1ccc1c3ccccc3n(-c3nc(-c4ccccc4)c4sc5ccccc5c4n3)c21. The first-order valence-electron chi connectivity index (χ1n) is 14.0. The predicted molar refractivity (Wildman–Crippen MR) is 172 cm³/mol. The van der Waals surface area contributed by atoms with Crippen molar-refractivity contribution in [3.63, 3.8) is 0 Å². The van der Waals surface area contributed by atoms with E-state index < -0.39 is 0 Å². The Kier molecular flexibility index (Phi) is 4.55. The number of rotatable bonds is 2. The fraction of sp³-hybridized carbons (Fsp3) is 0.0811. The second-order valence-electron chi connectivity index (χ2n) is 11.4. The van der Waals surface area contributed by atoms with E-state index in [0.717, 1.165) is 27.0 Å². The number of hydrogen-bond acceptors (Lipinski definition) is 3. The topological polar surface area (TPSA) is 30.7 Å².